The highest BCUT2D eigenvalue weighted by Crippen LogP contribution is 2.26. The standard InChI is InChI=1S/C13H13N3S/c1-9-6-16(15-13(9)14)7-10-8-17-12-5-3-2-4-11(10)12/h2-6,8H,7H2,1H3,(H2,14,15). The van der Waals surface area contributed by atoms with Crippen molar-refractivity contribution in [3.8, 4) is 0 Å². The molecule has 0 aliphatic carbocycles. The summed E-state index contributed by atoms with van der Waals surface area (Å²) in [6.45, 7) is 2.76. The molecule has 17 heavy (non-hydrogen) atoms. The van der Waals surface area contributed by atoms with E-state index in [0.29, 0.717) is 5.82 Å². The molecule has 0 saturated heterocycles. The van der Waals surface area contributed by atoms with Gasteiger partial charge in [-0.1, -0.05) is 18.2 Å². The lowest BCUT2D eigenvalue weighted by molar-refractivity contribution is 0.694. The molecule has 3 nitrogen and oxygen atoms in total. The van der Waals surface area contributed by atoms with Crippen molar-refractivity contribution in [2.75, 3.05) is 5.73 Å². The van der Waals surface area contributed by atoms with Gasteiger partial charge in [-0.05, 0) is 29.3 Å². The molecular weight excluding hydrogens is 230 g/mol. The van der Waals surface area contributed by atoms with Gasteiger partial charge in [0.25, 0.3) is 0 Å². The van der Waals surface area contributed by atoms with Crippen molar-refractivity contribution in [1.29, 1.82) is 0 Å². The molecule has 1 aromatic carbocycles. The predicted octanol–water partition coefficient (Wildman–Crippen LogP) is 3.04. The van der Waals surface area contributed by atoms with Crippen molar-refractivity contribution in [3.05, 3.63) is 47.0 Å². The summed E-state index contributed by atoms with van der Waals surface area (Å²) >= 11 is 1.77. The smallest absolute Gasteiger partial charge is 0.148 e. The van der Waals surface area contributed by atoms with Gasteiger partial charge in [-0.15, -0.1) is 11.3 Å². The van der Waals surface area contributed by atoms with Gasteiger partial charge < -0.3 is 5.73 Å². The number of benzene rings is 1. The highest BCUT2D eigenvalue weighted by molar-refractivity contribution is 7.17. The number of rotatable bonds is 2. The third-order valence-electron chi connectivity index (χ3n) is 2.88. The molecule has 0 aliphatic rings. The minimum atomic E-state index is 0.615. The molecule has 0 bridgehead atoms. The Morgan fingerprint density at radius 2 is 2.18 bits per heavy atom. The molecule has 0 spiro atoms. The minimum Gasteiger partial charge on any atom is -0.382 e. The van der Waals surface area contributed by atoms with Gasteiger partial charge >= 0.3 is 0 Å². The van der Waals surface area contributed by atoms with Gasteiger partial charge in [0, 0.05) is 16.5 Å². The fraction of sp³-hybridized carbons (Fsp3) is 0.154. The summed E-state index contributed by atoms with van der Waals surface area (Å²) in [5.74, 6) is 0.615. The summed E-state index contributed by atoms with van der Waals surface area (Å²) in [4.78, 5) is 0. The Morgan fingerprint density at radius 1 is 1.35 bits per heavy atom. The Kier molecular flexibility index (Phi) is 2.37. The van der Waals surface area contributed by atoms with Crippen LogP contribution in [0.1, 0.15) is 11.1 Å². The SMILES string of the molecule is Cc1cn(Cc2csc3ccccc23)nc1N. The molecule has 0 saturated carbocycles. The quantitative estimate of drug-likeness (QED) is 0.751. The Hall–Kier alpha value is -1.81. The lowest BCUT2D eigenvalue weighted by Gasteiger charge is -1.99. The van der Waals surface area contributed by atoms with Crippen LogP contribution in [-0.4, -0.2) is 9.78 Å². The van der Waals surface area contributed by atoms with E-state index < -0.39 is 0 Å². The van der Waals surface area contributed by atoms with Crippen LogP contribution in [0.4, 0.5) is 5.82 Å². The van der Waals surface area contributed by atoms with E-state index in [0.717, 1.165) is 12.1 Å². The fourth-order valence-corrected chi connectivity index (χ4v) is 2.90. The highest BCUT2D eigenvalue weighted by atomic mass is 32.1. The normalized spacial score (nSPS) is 11.1. The Balaban J connectivity index is 2.00. The van der Waals surface area contributed by atoms with E-state index in [1.807, 2.05) is 17.8 Å². The first kappa shape index (κ1) is 10.4. The van der Waals surface area contributed by atoms with Crippen molar-refractivity contribution in [2.45, 2.75) is 13.5 Å². The predicted molar refractivity (Wildman–Crippen MR) is 72.3 cm³/mol. The molecule has 0 amide bonds. The Labute approximate surface area is 103 Å². The zero-order chi connectivity index (χ0) is 11.8. The zero-order valence-corrected chi connectivity index (χ0v) is 10.4. The van der Waals surface area contributed by atoms with Crippen molar-refractivity contribution < 1.29 is 0 Å². The van der Waals surface area contributed by atoms with Crippen LogP contribution < -0.4 is 5.73 Å². The van der Waals surface area contributed by atoms with Gasteiger partial charge in [-0.2, -0.15) is 5.10 Å². The molecule has 0 atom stereocenters. The summed E-state index contributed by atoms with van der Waals surface area (Å²) in [5.41, 5.74) is 8.08. The molecule has 0 radical (unpaired) electrons. The number of fused-ring (bicyclic) bond motifs is 1. The molecule has 86 valence electrons. The first-order valence-electron chi connectivity index (χ1n) is 5.48. The molecule has 3 aromatic rings. The summed E-state index contributed by atoms with van der Waals surface area (Å²) in [7, 11) is 0. The zero-order valence-electron chi connectivity index (χ0n) is 9.55. The largest absolute Gasteiger partial charge is 0.382 e. The van der Waals surface area contributed by atoms with Crippen LogP contribution in [0.3, 0.4) is 0 Å². The lowest BCUT2D eigenvalue weighted by Crippen LogP contribution is -2.00. The second-order valence-electron chi connectivity index (χ2n) is 4.15. The molecule has 2 heterocycles. The van der Waals surface area contributed by atoms with Crippen LogP contribution in [0.15, 0.2) is 35.8 Å². The summed E-state index contributed by atoms with van der Waals surface area (Å²) in [6, 6.07) is 8.44. The van der Waals surface area contributed by atoms with E-state index in [1.54, 1.807) is 11.3 Å². The average Bonchev–Trinajstić information content (AvgIpc) is 2.85. The van der Waals surface area contributed by atoms with E-state index in [9.17, 15) is 0 Å². The molecule has 2 N–H and O–H groups in total. The van der Waals surface area contributed by atoms with Gasteiger partial charge in [0.1, 0.15) is 5.82 Å². The van der Waals surface area contributed by atoms with E-state index in [2.05, 4.69) is 34.7 Å². The van der Waals surface area contributed by atoms with E-state index >= 15 is 0 Å². The number of nitrogens with zero attached hydrogens (tertiary/aromatic N) is 2. The first-order valence-corrected chi connectivity index (χ1v) is 6.36. The summed E-state index contributed by atoms with van der Waals surface area (Å²) in [5, 5.41) is 7.79. The Morgan fingerprint density at radius 3 is 2.94 bits per heavy atom. The molecule has 0 unspecified atom stereocenters. The number of thiophene rings is 1. The number of aryl methyl sites for hydroxylation is 1. The Bertz CT molecular complexity index is 647. The number of anilines is 1. The highest BCUT2D eigenvalue weighted by Gasteiger charge is 2.06. The third-order valence-corrected chi connectivity index (χ3v) is 3.89. The molecule has 2 aromatic heterocycles. The number of hydrogen-bond acceptors (Lipinski definition) is 3. The lowest BCUT2D eigenvalue weighted by atomic mass is 10.2. The van der Waals surface area contributed by atoms with Crippen molar-refractivity contribution >= 4 is 27.2 Å². The first-order chi connectivity index (χ1) is 8.24. The maximum absolute atomic E-state index is 5.75. The molecular formula is C13H13N3S. The minimum absolute atomic E-state index is 0.615. The fourth-order valence-electron chi connectivity index (χ4n) is 1.95. The topological polar surface area (TPSA) is 43.8 Å². The van der Waals surface area contributed by atoms with Crippen LogP contribution in [0, 0.1) is 6.92 Å². The maximum atomic E-state index is 5.75. The van der Waals surface area contributed by atoms with Crippen LogP contribution in [-0.2, 0) is 6.54 Å². The monoisotopic (exact) mass is 243 g/mol. The molecule has 3 rings (SSSR count). The number of nitrogens with two attached hydrogens (primary N) is 1. The molecule has 0 fully saturated rings. The van der Waals surface area contributed by atoms with Gasteiger partial charge in [0.15, 0.2) is 0 Å². The van der Waals surface area contributed by atoms with Crippen LogP contribution in [0.5, 0.6) is 0 Å². The van der Waals surface area contributed by atoms with Crippen molar-refractivity contribution in [3.63, 3.8) is 0 Å². The van der Waals surface area contributed by atoms with Crippen LogP contribution in [0.25, 0.3) is 10.1 Å². The van der Waals surface area contributed by atoms with Crippen molar-refractivity contribution in [1.82, 2.24) is 9.78 Å². The number of hydrogen-bond donors (Lipinski definition) is 1. The van der Waals surface area contributed by atoms with Gasteiger partial charge in [-0.3, -0.25) is 4.68 Å². The van der Waals surface area contributed by atoms with E-state index in [-0.39, 0.29) is 0 Å². The average molecular weight is 243 g/mol. The number of aromatic nitrogens is 2. The van der Waals surface area contributed by atoms with Gasteiger partial charge in [-0.25, -0.2) is 0 Å². The maximum Gasteiger partial charge on any atom is 0.148 e. The van der Waals surface area contributed by atoms with Gasteiger partial charge in [0.2, 0.25) is 0 Å². The summed E-state index contributed by atoms with van der Waals surface area (Å²) < 4.78 is 3.22. The van der Waals surface area contributed by atoms with E-state index in [1.165, 1.54) is 15.6 Å². The van der Waals surface area contributed by atoms with E-state index in [4.69, 9.17) is 5.73 Å². The summed E-state index contributed by atoms with van der Waals surface area (Å²) in [6.07, 6.45) is 1.99. The second kappa shape index (κ2) is 3.89. The van der Waals surface area contributed by atoms with Crippen LogP contribution in [0.2, 0.25) is 0 Å². The third kappa shape index (κ3) is 1.80. The molecule has 4 heteroatoms. The molecule has 0 aliphatic heterocycles. The van der Waals surface area contributed by atoms with Gasteiger partial charge in [0.05, 0.1) is 6.54 Å². The second-order valence-corrected chi connectivity index (χ2v) is 5.06. The van der Waals surface area contributed by atoms with Crippen LogP contribution >= 0.6 is 11.3 Å². The number of nitrogen functional groups attached to an aromatic ring is 1. The van der Waals surface area contributed by atoms with Crippen molar-refractivity contribution in [2.24, 2.45) is 0 Å².